The quantitative estimate of drug-likeness (QED) is 0.728. The van der Waals surface area contributed by atoms with Gasteiger partial charge in [0.15, 0.2) is 0 Å². The van der Waals surface area contributed by atoms with E-state index in [0.29, 0.717) is 11.5 Å². The van der Waals surface area contributed by atoms with Crippen molar-refractivity contribution in [1.82, 2.24) is 0 Å². The van der Waals surface area contributed by atoms with Crippen molar-refractivity contribution in [1.29, 1.82) is 5.26 Å². The lowest BCUT2D eigenvalue weighted by atomic mass is 9.41. The Balaban J connectivity index is 0.00000160. The Labute approximate surface area is 158 Å². The summed E-state index contributed by atoms with van der Waals surface area (Å²) in [6.45, 7) is 2.52. The van der Waals surface area contributed by atoms with Gasteiger partial charge in [-0.05, 0) is 110 Å². The van der Waals surface area contributed by atoms with Gasteiger partial charge in [-0.3, -0.25) is 0 Å². The van der Waals surface area contributed by atoms with Gasteiger partial charge in [-0.15, -0.1) is 0 Å². The van der Waals surface area contributed by atoms with Gasteiger partial charge in [-0.25, -0.2) is 0 Å². The normalized spacial score (nSPS) is 50.3. The predicted octanol–water partition coefficient (Wildman–Crippen LogP) is 5.85. The first kappa shape index (κ1) is 15.6. The number of benzene rings is 1. The van der Waals surface area contributed by atoms with E-state index >= 15 is 0 Å². The minimum atomic E-state index is 0. The maximum atomic E-state index is 9.01. The Morgan fingerprint density at radius 2 is 1.96 bits per heavy atom. The molecule has 0 amide bonds. The van der Waals surface area contributed by atoms with Crippen LogP contribution in [0.5, 0.6) is 0 Å². The Morgan fingerprint density at radius 3 is 2.77 bits per heavy atom. The molecule has 0 bridgehead atoms. The second kappa shape index (κ2) is 5.06. The first-order valence-electron chi connectivity index (χ1n) is 10.9. The molecule has 0 aliphatic heterocycles. The molecule has 2 heteroatoms. The standard InChI is InChI=1S/C24H30N2.H2/c1-15-11-17-8-10-23-13-21(26-18-6-4-16(14-25)5-7-18)19(23)3-2-9-24(23)20(12-15)22(17)24;/h4-7,15,17,19-22,26H,2-3,8-13H2,1H3;1H/t15-,17?,19+,20?,21-,22-,23?,24?;/m0./s1. The van der Waals surface area contributed by atoms with E-state index in [1.807, 2.05) is 12.1 Å². The van der Waals surface area contributed by atoms with Gasteiger partial charge in [-0.2, -0.15) is 5.26 Å². The van der Waals surface area contributed by atoms with Crippen LogP contribution in [0.15, 0.2) is 24.3 Å². The van der Waals surface area contributed by atoms with E-state index in [1.165, 1.54) is 50.6 Å². The van der Waals surface area contributed by atoms with Crippen LogP contribution in [-0.2, 0) is 0 Å². The highest BCUT2D eigenvalue weighted by Crippen LogP contribution is 2.87. The average Bonchev–Trinajstić information content (AvgIpc) is 3.29. The third-order valence-electron chi connectivity index (χ3n) is 9.59. The molecule has 0 aromatic heterocycles. The molecule has 0 heterocycles. The summed E-state index contributed by atoms with van der Waals surface area (Å²) in [7, 11) is 0. The Morgan fingerprint density at radius 1 is 1.12 bits per heavy atom. The topological polar surface area (TPSA) is 35.8 Å². The molecule has 1 N–H and O–H groups in total. The van der Waals surface area contributed by atoms with Crippen LogP contribution in [0, 0.1) is 51.8 Å². The van der Waals surface area contributed by atoms with Gasteiger partial charge in [0.2, 0.25) is 0 Å². The zero-order valence-electron chi connectivity index (χ0n) is 15.9. The van der Waals surface area contributed by atoms with Gasteiger partial charge < -0.3 is 5.32 Å². The molecule has 2 nitrogen and oxygen atoms in total. The highest BCUT2D eigenvalue weighted by molar-refractivity contribution is 5.49. The van der Waals surface area contributed by atoms with E-state index in [-0.39, 0.29) is 1.43 Å². The van der Waals surface area contributed by atoms with Crippen molar-refractivity contribution in [2.75, 3.05) is 5.32 Å². The number of nitriles is 1. The van der Waals surface area contributed by atoms with E-state index in [4.69, 9.17) is 5.26 Å². The van der Waals surface area contributed by atoms with Crippen molar-refractivity contribution >= 4 is 5.69 Å². The lowest BCUT2D eigenvalue weighted by Crippen LogP contribution is -2.63. The minimum absolute atomic E-state index is 0. The molecule has 4 unspecified atom stereocenters. The molecule has 0 saturated heterocycles. The lowest BCUT2D eigenvalue weighted by Gasteiger charge is -2.65. The van der Waals surface area contributed by atoms with E-state index in [0.717, 1.165) is 40.6 Å². The molecule has 138 valence electrons. The van der Waals surface area contributed by atoms with E-state index in [2.05, 4.69) is 30.4 Å². The van der Waals surface area contributed by atoms with Crippen molar-refractivity contribution in [2.45, 2.75) is 64.3 Å². The van der Waals surface area contributed by atoms with Crippen LogP contribution in [0.4, 0.5) is 5.69 Å². The molecule has 0 radical (unpaired) electrons. The van der Waals surface area contributed by atoms with Crippen molar-refractivity contribution < 1.29 is 1.43 Å². The lowest BCUT2D eigenvalue weighted by molar-refractivity contribution is -0.133. The number of rotatable bonds is 2. The number of nitrogens with zero attached hydrogens (tertiary/aromatic N) is 1. The summed E-state index contributed by atoms with van der Waals surface area (Å²) < 4.78 is 0. The summed E-state index contributed by atoms with van der Waals surface area (Å²) in [5, 5.41) is 12.9. The van der Waals surface area contributed by atoms with Gasteiger partial charge in [0, 0.05) is 13.2 Å². The Kier molecular flexibility index (Phi) is 3.03. The van der Waals surface area contributed by atoms with Crippen LogP contribution in [0.2, 0.25) is 0 Å². The molecule has 1 aromatic rings. The number of nitrogens with one attached hydrogen (secondary N) is 1. The fraction of sp³-hybridized carbons (Fsp3) is 0.708. The summed E-state index contributed by atoms with van der Waals surface area (Å²) in [4.78, 5) is 0. The molecular formula is C24H32N2. The van der Waals surface area contributed by atoms with Crippen molar-refractivity contribution in [3.05, 3.63) is 29.8 Å². The van der Waals surface area contributed by atoms with E-state index < -0.39 is 0 Å². The van der Waals surface area contributed by atoms with Crippen LogP contribution < -0.4 is 5.32 Å². The van der Waals surface area contributed by atoms with Crippen LogP contribution >= 0.6 is 0 Å². The van der Waals surface area contributed by atoms with Crippen LogP contribution in [0.25, 0.3) is 0 Å². The van der Waals surface area contributed by atoms with Gasteiger partial charge in [0.1, 0.15) is 0 Å². The summed E-state index contributed by atoms with van der Waals surface area (Å²) in [6.07, 6.45) is 12.0. The molecule has 5 aliphatic rings. The van der Waals surface area contributed by atoms with Gasteiger partial charge in [0.05, 0.1) is 11.6 Å². The van der Waals surface area contributed by atoms with E-state index in [1.54, 1.807) is 6.42 Å². The fourth-order valence-corrected chi connectivity index (χ4v) is 8.96. The molecular weight excluding hydrogens is 316 g/mol. The first-order chi connectivity index (χ1) is 12.7. The summed E-state index contributed by atoms with van der Waals surface area (Å²) >= 11 is 0. The van der Waals surface area contributed by atoms with Crippen molar-refractivity contribution in [3.8, 4) is 6.07 Å². The smallest absolute Gasteiger partial charge is 0.0991 e. The molecule has 5 saturated carbocycles. The fourth-order valence-electron chi connectivity index (χ4n) is 8.96. The number of hydrogen-bond acceptors (Lipinski definition) is 2. The highest BCUT2D eigenvalue weighted by atomic mass is 15.0. The first-order valence-corrected chi connectivity index (χ1v) is 10.9. The Bertz CT molecular complexity index is 783. The molecule has 5 aliphatic carbocycles. The summed E-state index contributed by atoms with van der Waals surface area (Å²) in [5.41, 5.74) is 3.41. The van der Waals surface area contributed by atoms with Crippen LogP contribution in [-0.4, -0.2) is 6.04 Å². The Hall–Kier alpha value is -1.49. The van der Waals surface area contributed by atoms with Gasteiger partial charge >= 0.3 is 0 Å². The monoisotopic (exact) mass is 348 g/mol. The SMILES string of the molecule is C[C@H]1CC2CCC34C[C@H](Nc5ccc(C#N)cc5)[C@H]3CCCC43C(C1)[C@H]23.[HH]. The third-order valence-corrected chi connectivity index (χ3v) is 9.59. The maximum absolute atomic E-state index is 9.01. The van der Waals surface area contributed by atoms with Crippen molar-refractivity contribution in [3.63, 3.8) is 0 Å². The van der Waals surface area contributed by atoms with Crippen molar-refractivity contribution in [2.24, 2.45) is 40.4 Å². The molecule has 1 aromatic carbocycles. The maximum Gasteiger partial charge on any atom is 0.0991 e. The van der Waals surface area contributed by atoms with E-state index in [9.17, 15) is 0 Å². The second-order valence-electron chi connectivity index (χ2n) is 10.3. The number of hydrogen-bond donors (Lipinski definition) is 1. The largest absolute Gasteiger partial charge is 0.382 e. The molecule has 26 heavy (non-hydrogen) atoms. The summed E-state index contributed by atoms with van der Waals surface area (Å²) in [5.74, 6) is 5.12. The number of anilines is 1. The van der Waals surface area contributed by atoms with Crippen LogP contribution in [0.1, 0.15) is 65.3 Å². The second-order valence-corrected chi connectivity index (χ2v) is 10.3. The molecule has 5 fully saturated rings. The van der Waals surface area contributed by atoms with Gasteiger partial charge in [0.25, 0.3) is 0 Å². The van der Waals surface area contributed by atoms with Gasteiger partial charge in [-0.1, -0.05) is 13.3 Å². The zero-order valence-corrected chi connectivity index (χ0v) is 15.9. The molecule has 6 rings (SSSR count). The highest BCUT2D eigenvalue weighted by Gasteiger charge is 2.82. The molecule has 2 spiro atoms. The summed E-state index contributed by atoms with van der Waals surface area (Å²) in [6, 6.07) is 11.0. The average molecular weight is 349 g/mol. The molecule has 8 atom stereocenters. The predicted molar refractivity (Wildman–Crippen MR) is 106 cm³/mol. The third kappa shape index (κ3) is 1.73. The van der Waals surface area contributed by atoms with Crippen LogP contribution in [0.3, 0.4) is 0 Å². The minimum Gasteiger partial charge on any atom is -0.382 e. The zero-order chi connectivity index (χ0) is 17.5.